The van der Waals surface area contributed by atoms with E-state index in [0.29, 0.717) is 22.7 Å². The molecule has 12 heteroatoms. The summed E-state index contributed by atoms with van der Waals surface area (Å²) in [6.45, 7) is -0.414. The number of ether oxygens (including phenoxy) is 3. The van der Waals surface area contributed by atoms with Crippen molar-refractivity contribution in [1.82, 2.24) is 19.5 Å². The third-order valence-corrected chi connectivity index (χ3v) is 4.80. The molecule has 0 bridgehead atoms. The molecule has 4 rings (SSSR count). The quantitative estimate of drug-likeness (QED) is 0.384. The summed E-state index contributed by atoms with van der Waals surface area (Å²) in [6, 6.07) is 0. The average molecular weight is 395 g/mol. The molecule has 2 unspecified atom stereocenters. The zero-order valence-electron chi connectivity index (χ0n) is 15.0. The second-order valence-electron chi connectivity index (χ2n) is 6.66. The van der Waals surface area contributed by atoms with Crippen molar-refractivity contribution in [2.75, 3.05) is 25.6 Å². The van der Waals surface area contributed by atoms with Crippen LogP contribution in [0.4, 0.5) is 5.82 Å². The van der Waals surface area contributed by atoms with Crippen LogP contribution in [0, 0.1) is 0 Å². The SMILES string of the molecule is COC1=COC(O)(CNc2ncnc3c2ncn3C2O[C@H](CO)[C@@H](O)[C@@H]2O)C1. The maximum absolute atomic E-state index is 10.4. The molecule has 0 saturated carbocycles. The second kappa shape index (κ2) is 7.14. The van der Waals surface area contributed by atoms with Crippen LogP contribution in [0.3, 0.4) is 0 Å². The minimum absolute atomic E-state index is 0.0171. The van der Waals surface area contributed by atoms with Gasteiger partial charge in [-0.05, 0) is 0 Å². The Hall–Kier alpha value is -2.51. The Balaban J connectivity index is 1.55. The van der Waals surface area contributed by atoms with Gasteiger partial charge >= 0.3 is 0 Å². The minimum Gasteiger partial charge on any atom is -0.498 e. The van der Waals surface area contributed by atoms with E-state index in [4.69, 9.17) is 14.2 Å². The molecule has 0 aromatic carbocycles. The summed E-state index contributed by atoms with van der Waals surface area (Å²) in [5.74, 6) is -0.613. The maximum atomic E-state index is 10.4. The van der Waals surface area contributed by atoms with Gasteiger partial charge in [0.15, 0.2) is 23.2 Å². The molecule has 0 aliphatic carbocycles. The topological polar surface area (TPSA) is 164 Å². The average Bonchev–Trinajstić information content (AvgIpc) is 3.37. The Labute approximate surface area is 159 Å². The van der Waals surface area contributed by atoms with Crippen molar-refractivity contribution in [3.05, 3.63) is 24.7 Å². The number of imidazole rings is 1. The fraction of sp³-hybridized carbons (Fsp3) is 0.562. The zero-order valence-corrected chi connectivity index (χ0v) is 15.0. The van der Waals surface area contributed by atoms with Crippen LogP contribution in [0.25, 0.3) is 11.2 Å². The highest BCUT2D eigenvalue weighted by atomic mass is 16.6. The highest BCUT2D eigenvalue weighted by Crippen LogP contribution is 2.32. The van der Waals surface area contributed by atoms with Gasteiger partial charge in [-0.2, -0.15) is 0 Å². The number of rotatable bonds is 6. The van der Waals surface area contributed by atoms with Crippen molar-refractivity contribution in [2.24, 2.45) is 0 Å². The molecular formula is C16H21N5O7. The Kier molecular flexibility index (Phi) is 4.81. The highest BCUT2D eigenvalue weighted by molar-refractivity contribution is 5.82. The molecule has 2 aliphatic heterocycles. The lowest BCUT2D eigenvalue weighted by molar-refractivity contribution is -0.140. The van der Waals surface area contributed by atoms with Gasteiger partial charge in [-0.1, -0.05) is 0 Å². The summed E-state index contributed by atoms with van der Waals surface area (Å²) in [7, 11) is 1.49. The number of hydrogen-bond donors (Lipinski definition) is 5. The predicted molar refractivity (Wildman–Crippen MR) is 92.6 cm³/mol. The maximum Gasteiger partial charge on any atom is 0.232 e. The molecule has 2 aliphatic rings. The van der Waals surface area contributed by atoms with Crippen molar-refractivity contribution in [2.45, 2.75) is 36.7 Å². The first kappa shape index (κ1) is 18.8. The van der Waals surface area contributed by atoms with E-state index in [1.54, 1.807) is 0 Å². The van der Waals surface area contributed by atoms with Gasteiger partial charge < -0.3 is 40.0 Å². The molecule has 12 nitrogen and oxygen atoms in total. The highest BCUT2D eigenvalue weighted by Gasteiger charge is 2.44. The molecule has 5 atom stereocenters. The fourth-order valence-electron chi connectivity index (χ4n) is 3.25. The molecule has 1 fully saturated rings. The number of aliphatic hydroxyl groups is 4. The van der Waals surface area contributed by atoms with Crippen LogP contribution in [0.15, 0.2) is 24.7 Å². The lowest BCUT2D eigenvalue weighted by atomic mass is 10.1. The predicted octanol–water partition coefficient (Wildman–Crippen LogP) is -1.55. The first-order valence-electron chi connectivity index (χ1n) is 8.63. The lowest BCUT2D eigenvalue weighted by Gasteiger charge is -2.22. The van der Waals surface area contributed by atoms with E-state index in [1.807, 2.05) is 0 Å². The number of methoxy groups -OCH3 is 1. The minimum atomic E-state index is -1.48. The van der Waals surface area contributed by atoms with E-state index in [9.17, 15) is 20.4 Å². The number of fused-ring (bicyclic) bond motifs is 1. The van der Waals surface area contributed by atoms with E-state index < -0.39 is 36.9 Å². The third-order valence-electron chi connectivity index (χ3n) is 4.80. The summed E-state index contributed by atoms with van der Waals surface area (Å²) in [5, 5.41) is 42.9. The number of nitrogens with zero attached hydrogens (tertiary/aromatic N) is 4. The monoisotopic (exact) mass is 395 g/mol. The second-order valence-corrected chi connectivity index (χ2v) is 6.66. The van der Waals surface area contributed by atoms with Crippen molar-refractivity contribution in [3.8, 4) is 0 Å². The number of nitrogens with one attached hydrogen (secondary N) is 1. The van der Waals surface area contributed by atoms with Gasteiger partial charge in [-0.15, -0.1) is 0 Å². The summed E-state index contributed by atoms with van der Waals surface area (Å²) in [5.41, 5.74) is 0.726. The number of aromatic nitrogens is 4. The summed E-state index contributed by atoms with van der Waals surface area (Å²) in [6.07, 6.45) is -0.132. The molecule has 0 amide bonds. The third kappa shape index (κ3) is 3.14. The Bertz CT molecular complexity index is 889. The van der Waals surface area contributed by atoms with Crippen LogP contribution < -0.4 is 5.32 Å². The standard InChI is InChI=1S/C16H21N5O7/c1-26-8-2-16(25,27-4-8)5-17-13-10-14(19-6-18-13)21(7-20-10)15-12(24)11(23)9(3-22)28-15/h4,6-7,9,11-12,15,22-25H,2-3,5H2,1H3,(H,17,18,19)/t9-,11-,12+,15?,16?/m1/s1. The van der Waals surface area contributed by atoms with Crippen molar-refractivity contribution in [3.63, 3.8) is 0 Å². The molecule has 4 heterocycles. The van der Waals surface area contributed by atoms with Crippen LogP contribution in [0.1, 0.15) is 12.6 Å². The molecule has 5 N–H and O–H groups in total. The van der Waals surface area contributed by atoms with Crippen molar-refractivity contribution in [1.29, 1.82) is 0 Å². The van der Waals surface area contributed by atoms with Gasteiger partial charge in [-0.3, -0.25) is 4.57 Å². The van der Waals surface area contributed by atoms with Crippen LogP contribution in [-0.4, -0.2) is 84.3 Å². The van der Waals surface area contributed by atoms with Crippen LogP contribution in [0.5, 0.6) is 0 Å². The summed E-state index contributed by atoms with van der Waals surface area (Å²) < 4.78 is 17.3. The Morgan fingerprint density at radius 1 is 1.32 bits per heavy atom. The number of anilines is 1. The Morgan fingerprint density at radius 3 is 2.82 bits per heavy atom. The molecule has 0 radical (unpaired) electrons. The van der Waals surface area contributed by atoms with Gasteiger partial charge in [0.2, 0.25) is 5.79 Å². The van der Waals surface area contributed by atoms with Crippen LogP contribution in [-0.2, 0) is 14.2 Å². The van der Waals surface area contributed by atoms with Gasteiger partial charge in [0.1, 0.15) is 36.7 Å². The van der Waals surface area contributed by atoms with Crippen LogP contribution in [0.2, 0.25) is 0 Å². The normalized spacial score (nSPS) is 32.4. The number of aliphatic hydroxyl groups excluding tert-OH is 3. The molecule has 152 valence electrons. The number of hydrogen-bond acceptors (Lipinski definition) is 11. The molecule has 2 aromatic rings. The van der Waals surface area contributed by atoms with E-state index in [2.05, 4.69) is 20.3 Å². The van der Waals surface area contributed by atoms with Gasteiger partial charge in [0.05, 0.1) is 33.0 Å². The fourth-order valence-corrected chi connectivity index (χ4v) is 3.25. The molecule has 2 aromatic heterocycles. The first-order valence-corrected chi connectivity index (χ1v) is 8.63. The lowest BCUT2D eigenvalue weighted by Crippen LogP contribution is -2.36. The molecule has 28 heavy (non-hydrogen) atoms. The molecular weight excluding hydrogens is 374 g/mol. The van der Waals surface area contributed by atoms with Crippen LogP contribution >= 0.6 is 0 Å². The van der Waals surface area contributed by atoms with Crippen molar-refractivity contribution >= 4 is 17.0 Å². The summed E-state index contributed by atoms with van der Waals surface area (Å²) >= 11 is 0. The van der Waals surface area contributed by atoms with E-state index in [-0.39, 0.29) is 13.0 Å². The van der Waals surface area contributed by atoms with E-state index in [1.165, 1.54) is 30.6 Å². The Morgan fingerprint density at radius 2 is 2.14 bits per heavy atom. The largest absolute Gasteiger partial charge is 0.498 e. The van der Waals surface area contributed by atoms with Gasteiger partial charge in [0, 0.05) is 0 Å². The van der Waals surface area contributed by atoms with E-state index in [0.717, 1.165) is 0 Å². The first-order chi connectivity index (χ1) is 13.5. The summed E-state index contributed by atoms with van der Waals surface area (Å²) in [4.78, 5) is 12.6. The molecule has 1 saturated heterocycles. The zero-order chi connectivity index (χ0) is 19.9. The smallest absolute Gasteiger partial charge is 0.232 e. The van der Waals surface area contributed by atoms with Crippen molar-refractivity contribution < 1.29 is 34.6 Å². The molecule has 0 spiro atoms. The van der Waals surface area contributed by atoms with E-state index >= 15 is 0 Å². The van der Waals surface area contributed by atoms with Gasteiger partial charge in [0.25, 0.3) is 0 Å². The van der Waals surface area contributed by atoms with Gasteiger partial charge in [-0.25, -0.2) is 15.0 Å².